The minimum Gasteiger partial charge on any atom is -0.303 e. The number of hydrogen-bond acceptors (Lipinski definition) is 1. The molecule has 0 rings (SSSR count). The third-order valence-corrected chi connectivity index (χ3v) is 1.07. The lowest BCUT2D eigenvalue weighted by molar-refractivity contribution is -0.107. The van der Waals surface area contributed by atoms with E-state index in [1.165, 1.54) is 0 Å². The summed E-state index contributed by atoms with van der Waals surface area (Å²) in [4.78, 5) is 9.84. The van der Waals surface area contributed by atoms with Gasteiger partial charge in [-0.2, -0.15) is 0 Å². The van der Waals surface area contributed by atoms with Gasteiger partial charge in [-0.25, -0.2) is 0 Å². The van der Waals surface area contributed by atoms with Crippen LogP contribution in [0.5, 0.6) is 0 Å². The van der Waals surface area contributed by atoms with Crippen LogP contribution in [0.1, 0.15) is 26.2 Å². The van der Waals surface area contributed by atoms with Crippen molar-refractivity contribution in [2.75, 3.05) is 0 Å². The highest BCUT2D eigenvalue weighted by molar-refractivity contribution is 5.49. The van der Waals surface area contributed by atoms with Crippen LogP contribution >= 0.6 is 0 Å². The van der Waals surface area contributed by atoms with Gasteiger partial charge in [-0.3, -0.25) is 0 Å². The van der Waals surface area contributed by atoms with Gasteiger partial charge in [0.1, 0.15) is 6.29 Å². The van der Waals surface area contributed by atoms with Crippen molar-refractivity contribution in [2.45, 2.75) is 26.2 Å². The molecule has 1 nitrogen and oxygen atoms in total. The summed E-state index contributed by atoms with van der Waals surface area (Å²) >= 11 is 0. The van der Waals surface area contributed by atoms with Gasteiger partial charge in [-0.05, 0) is 12.8 Å². The molecule has 0 amide bonds. The average Bonchev–Trinajstić information content (AvgIpc) is 1.97. The summed E-state index contributed by atoms with van der Waals surface area (Å²) in [5.74, 6) is 0. The lowest BCUT2D eigenvalue weighted by Crippen LogP contribution is -1.68. The normalized spacial score (nSPS) is 11.3. The first-order valence-corrected chi connectivity index (χ1v) is 3.67. The number of aldehydes is 1. The number of unbranched alkanes of at least 4 members (excludes halogenated alkanes) is 1. The molecule has 0 aromatic carbocycles. The fourth-order valence-corrected chi connectivity index (χ4v) is 0.554. The van der Waals surface area contributed by atoms with E-state index in [4.69, 9.17) is 0 Å². The second-order valence-corrected chi connectivity index (χ2v) is 2.01. The Labute approximate surface area is 62.4 Å². The standard InChI is InChI=1S/C9H14O/c1-2-3-4-5-6-7-8-9-10/h3-6,9H,2,7-8H2,1H3/b4-3+,6-5+. The topological polar surface area (TPSA) is 17.1 Å². The van der Waals surface area contributed by atoms with Gasteiger partial charge in [0, 0.05) is 6.42 Å². The minimum absolute atomic E-state index is 0.635. The highest BCUT2D eigenvalue weighted by Crippen LogP contribution is 1.88. The van der Waals surface area contributed by atoms with Gasteiger partial charge in [0.15, 0.2) is 0 Å². The summed E-state index contributed by atoms with van der Waals surface area (Å²) in [5.41, 5.74) is 0. The zero-order chi connectivity index (χ0) is 7.66. The van der Waals surface area contributed by atoms with Gasteiger partial charge >= 0.3 is 0 Å². The molecule has 0 aromatic heterocycles. The zero-order valence-electron chi connectivity index (χ0n) is 6.42. The SMILES string of the molecule is CC/C=C/C=C/CCC=O. The Hall–Kier alpha value is -0.850. The molecule has 0 saturated heterocycles. The molecule has 0 saturated carbocycles. The van der Waals surface area contributed by atoms with Gasteiger partial charge in [-0.15, -0.1) is 0 Å². The molecule has 0 heterocycles. The van der Waals surface area contributed by atoms with Crippen LogP contribution in [-0.4, -0.2) is 6.29 Å². The molecule has 10 heavy (non-hydrogen) atoms. The molecule has 0 fully saturated rings. The van der Waals surface area contributed by atoms with E-state index in [1.54, 1.807) is 0 Å². The molecular formula is C9H14O. The smallest absolute Gasteiger partial charge is 0.120 e. The predicted molar refractivity (Wildman–Crippen MR) is 43.9 cm³/mol. The molecule has 0 atom stereocenters. The average molecular weight is 138 g/mol. The number of hydrogen-bond donors (Lipinski definition) is 0. The van der Waals surface area contributed by atoms with E-state index in [2.05, 4.69) is 13.0 Å². The lowest BCUT2D eigenvalue weighted by Gasteiger charge is -1.79. The fraction of sp³-hybridized carbons (Fsp3) is 0.444. The zero-order valence-corrected chi connectivity index (χ0v) is 6.42. The van der Waals surface area contributed by atoms with E-state index in [0.717, 1.165) is 19.1 Å². The molecule has 1 heteroatoms. The molecule has 0 radical (unpaired) electrons. The van der Waals surface area contributed by atoms with E-state index >= 15 is 0 Å². The second kappa shape index (κ2) is 8.15. The van der Waals surface area contributed by atoms with Crippen molar-refractivity contribution in [1.29, 1.82) is 0 Å². The van der Waals surface area contributed by atoms with Crippen LogP contribution in [0.2, 0.25) is 0 Å². The maximum atomic E-state index is 9.84. The molecule has 0 aliphatic heterocycles. The number of carbonyl (C=O) groups is 1. The summed E-state index contributed by atoms with van der Waals surface area (Å²) < 4.78 is 0. The quantitative estimate of drug-likeness (QED) is 0.324. The van der Waals surface area contributed by atoms with E-state index in [-0.39, 0.29) is 0 Å². The largest absolute Gasteiger partial charge is 0.303 e. The second-order valence-electron chi connectivity index (χ2n) is 2.01. The lowest BCUT2D eigenvalue weighted by atomic mass is 10.3. The highest BCUT2D eigenvalue weighted by atomic mass is 16.1. The third kappa shape index (κ3) is 7.15. The number of rotatable bonds is 5. The summed E-state index contributed by atoms with van der Waals surface area (Å²) in [6.45, 7) is 2.09. The molecule has 0 aliphatic carbocycles. The Balaban J connectivity index is 3.19. The van der Waals surface area contributed by atoms with Crippen molar-refractivity contribution < 1.29 is 4.79 Å². The van der Waals surface area contributed by atoms with E-state index in [0.29, 0.717) is 6.42 Å². The molecule has 0 bridgehead atoms. The summed E-state index contributed by atoms with van der Waals surface area (Å²) in [6, 6.07) is 0. The Morgan fingerprint density at radius 1 is 1.10 bits per heavy atom. The fourth-order valence-electron chi connectivity index (χ4n) is 0.554. The Morgan fingerprint density at radius 3 is 2.40 bits per heavy atom. The van der Waals surface area contributed by atoms with Gasteiger partial charge < -0.3 is 4.79 Å². The van der Waals surface area contributed by atoms with Crippen LogP contribution in [0.4, 0.5) is 0 Å². The van der Waals surface area contributed by atoms with Crippen molar-refractivity contribution in [3.05, 3.63) is 24.3 Å². The number of allylic oxidation sites excluding steroid dienone is 4. The first kappa shape index (κ1) is 9.15. The molecular weight excluding hydrogens is 124 g/mol. The van der Waals surface area contributed by atoms with Crippen LogP contribution in [-0.2, 0) is 4.79 Å². The molecule has 0 aliphatic rings. The monoisotopic (exact) mass is 138 g/mol. The van der Waals surface area contributed by atoms with Crippen LogP contribution in [0, 0.1) is 0 Å². The first-order valence-electron chi connectivity index (χ1n) is 3.67. The molecule has 0 spiro atoms. The van der Waals surface area contributed by atoms with Crippen molar-refractivity contribution in [3.8, 4) is 0 Å². The van der Waals surface area contributed by atoms with Crippen molar-refractivity contribution >= 4 is 6.29 Å². The Morgan fingerprint density at radius 2 is 1.80 bits per heavy atom. The van der Waals surface area contributed by atoms with Gasteiger partial charge in [0.25, 0.3) is 0 Å². The van der Waals surface area contributed by atoms with Gasteiger partial charge in [0.2, 0.25) is 0 Å². The number of carbonyl (C=O) groups excluding carboxylic acids is 1. The van der Waals surface area contributed by atoms with Crippen molar-refractivity contribution in [1.82, 2.24) is 0 Å². The maximum absolute atomic E-state index is 9.84. The molecule has 0 aromatic rings. The van der Waals surface area contributed by atoms with Crippen LogP contribution in [0.25, 0.3) is 0 Å². The predicted octanol–water partition coefficient (Wildman–Crippen LogP) is 2.49. The molecule has 0 N–H and O–H groups in total. The van der Waals surface area contributed by atoms with E-state index in [1.807, 2.05) is 18.2 Å². The first-order chi connectivity index (χ1) is 4.91. The molecule has 0 unspecified atom stereocenters. The third-order valence-electron chi connectivity index (χ3n) is 1.07. The summed E-state index contributed by atoms with van der Waals surface area (Å²) in [6.07, 6.45) is 11.6. The van der Waals surface area contributed by atoms with Crippen molar-refractivity contribution in [3.63, 3.8) is 0 Å². The van der Waals surface area contributed by atoms with E-state index in [9.17, 15) is 4.79 Å². The summed E-state index contributed by atoms with van der Waals surface area (Å²) in [5, 5.41) is 0. The Kier molecular flexibility index (Phi) is 7.46. The van der Waals surface area contributed by atoms with Crippen LogP contribution in [0.3, 0.4) is 0 Å². The van der Waals surface area contributed by atoms with Crippen LogP contribution < -0.4 is 0 Å². The Bertz CT molecular complexity index is 123. The summed E-state index contributed by atoms with van der Waals surface area (Å²) in [7, 11) is 0. The van der Waals surface area contributed by atoms with Gasteiger partial charge in [0.05, 0.1) is 0 Å². The maximum Gasteiger partial charge on any atom is 0.120 e. The van der Waals surface area contributed by atoms with Crippen LogP contribution in [0.15, 0.2) is 24.3 Å². The minimum atomic E-state index is 0.635. The van der Waals surface area contributed by atoms with E-state index < -0.39 is 0 Å². The van der Waals surface area contributed by atoms with Crippen molar-refractivity contribution in [2.24, 2.45) is 0 Å². The molecule has 56 valence electrons. The van der Waals surface area contributed by atoms with Gasteiger partial charge in [-0.1, -0.05) is 31.2 Å². The highest BCUT2D eigenvalue weighted by Gasteiger charge is 1.74.